The maximum atomic E-state index is 11.3. The van der Waals surface area contributed by atoms with Gasteiger partial charge in [0.05, 0.1) is 6.61 Å². The zero-order valence-electron chi connectivity index (χ0n) is 15.8. The second-order valence-electron chi connectivity index (χ2n) is 6.10. The molecule has 2 aromatic carbocycles. The number of ketones is 1. The third kappa shape index (κ3) is 6.86. The third-order valence-corrected chi connectivity index (χ3v) is 3.50. The Morgan fingerprint density at radius 1 is 1.04 bits per heavy atom. The molecule has 0 aliphatic carbocycles. The van der Waals surface area contributed by atoms with Crippen molar-refractivity contribution in [3.05, 3.63) is 35.9 Å². The number of nitrogens with zero attached hydrogens (tertiary/aromatic N) is 1. The van der Waals surface area contributed by atoms with E-state index in [9.17, 15) is 9.90 Å². The Labute approximate surface area is 162 Å². The van der Waals surface area contributed by atoms with Gasteiger partial charge in [-0.1, -0.05) is 6.07 Å². The van der Waals surface area contributed by atoms with Crippen molar-refractivity contribution in [3.63, 3.8) is 0 Å². The van der Waals surface area contributed by atoms with Crippen LogP contribution in [0.15, 0.2) is 30.3 Å². The van der Waals surface area contributed by atoms with Gasteiger partial charge in [-0.15, -0.1) is 0 Å². The molecule has 9 nitrogen and oxygen atoms in total. The van der Waals surface area contributed by atoms with Crippen LogP contribution in [0.25, 0.3) is 0 Å². The number of nitrogens with two attached hydrogens (primary N) is 1. The first-order valence-electron chi connectivity index (χ1n) is 8.44. The summed E-state index contributed by atoms with van der Waals surface area (Å²) in [5.74, 6) is -1.32. The molecule has 0 atom stereocenters. The van der Waals surface area contributed by atoms with Crippen LogP contribution in [0.5, 0.6) is 34.5 Å². The molecule has 0 saturated heterocycles. The number of carbonyl (C=O) groups is 1. The summed E-state index contributed by atoms with van der Waals surface area (Å²) in [6.07, 6.45) is 0.269. The second kappa shape index (κ2) is 10.9. The number of fused-ring (bicyclic) bond motifs is 1. The number of para-hydroxylation sites is 1. The smallest absolute Gasteiger partial charge is 0.200 e. The summed E-state index contributed by atoms with van der Waals surface area (Å²) in [4.78, 5) is 13.4. The zero-order valence-corrected chi connectivity index (χ0v) is 15.8. The molecule has 0 amide bonds. The summed E-state index contributed by atoms with van der Waals surface area (Å²) in [6.45, 7) is 2.04. The van der Waals surface area contributed by atoms with E-state index in [-0.39, 0.29) is 46.5 Å². The SMILES string of the molecule is CN(C)CCN.O=C1CCOc2cc(O)cc(O)c21.Oc1cccc(O)c1O. The highest BCUT2D eigenvalue weighted by Crippen LogP contribution is 2.36. The normalized spacial score (nSPS) is 12.1. The molecule has 28 heavy (non-hydrogen) atoms. The number of phenols is 5. The Hall–Kier alpha value is -3.17. The largest absolute Gasteiger partial charge is 0.508 e. The highest BCUT2D eigenvalue weighted by atomic mass is 16.5. The van der Waals surface area contributed by atoms with Crippen molar-refractivity contribution >= 4 is 5.78 Å². The number of aromatic hydroxyl groups is 5. The Morgan fingerprint density at radius 2 is 1.64 bits per heavy atom. The Bertz CT molecular complexity index is 774. The fourth-order valence-electron chi connectivity index (χ4n) is 2.14. The first-order valence-corrected chi connectivity index (χ1v) is 8.44. The number of rotatable bonds is 2. The average Bonchev–Trinajstić information content (AvgIpc) is 2.60. The van der Waals surface area contributed by atoms with Gasteiger partial charge in [0.1, 0.15) is 22.8 Å². The molecule has 0 fully saturated rings. The van der Waals surface area contributed by atoms with Gasteiger partial charge in [-0.05, 0) is 26.2 Å². The fraction of sp³-hybridized carbons (Fsp3) is 0.316. The van der Waals surface area contributed by atoms with Gasteiger partial charge in [0.25, 0.3) is 0 Å². The zero-order chi connectivity index (χ0) is 21.3. The average molecular weight is 394 g/mol. The van der Waals surface area contributed by atoms with Gasteiger partial charge < -0.3 is 40.9 Å². The molecule has 0 unspecified atom stereocenters. The van der Waals surface area contributed by atoms with Crippen molar-refractivity contribution in [3.8, 4) is 34.5 Å². The van der Waals surface area contributed by atoms with Gasteiger partial charge in [-0.2, -0.15) is 0 Å². The van der Waals surface area contributed by atoms with Crippen LogP contribution in [0.1, 0.15) is 16.8 Å². The lowest BCUT2D eigenvalue weighted by atomic mass is 10.0. The minimum atomic E-state index is -0.475. The van der Waals surface area contributed by atoms with Crippen LogP contribution in [0.2, 0.25) is 0 Å². The van der Waals surface area contributed by atoms with Gasteiger partial charge in [-0.25, -0.2) is 0 Å². The Balaban J connectivity index is 0.000000229. The van der Waals surface area contributed by atoms with Crippen LogP contribution < -0.4 is 10.5 Å². The number of hydrogen-bond donors (Lipinski definition) is 6. The minimum Gasteiger partial charge on any atom is -0.508 e. The highest BCUT2D eigenvalue weighted by molar-refractivity contribution is 6.02. The maximum absolute atomic E-state index is 11.3. The van der Waals surface area contributed by atoms with Crippen molar-refractivity contribution in [2.45, 2.75) is 6.42 Å². The maximum Gasteiger partial charge on any atom is 0.200 e. The van der Waals surface area contributed by atoms with E-state index >= 15 is 0 Å². The van der Waals surface area contributed by atoms with Crippen molar-refractivity contribution in [2.75, 3.05) is 33.8 Å². The monoisotopic (exact) mass is 394 g/mol. The molecular weight excluding hydrogens is 368 g/mol. The second-order valence-corrected chi connectivity index (χ2v) is 6.10. The van der Waals surface area contributed by atoms with Crippen molar-refractivity contribution < 1.29 is 35.1 Å². The van der Waals surface area contributed by atoms with Crippen LogP contribution in [0, 0.1) is 0 Å². The number of Topliss-reactive ketones (excluding diaryl/α,β-unsaturated/α-hetero) is 1. The molecule has 2 aromatic rings. The fourth-order valence-corrected chi connectivity index (χ4v) is 2.14. The van der Waals surface area contributed by atoms with E-state index in [0.717, 1.165) is 19.2 Å². The molecule has 9 heteroatoms. The Kier molecular flexibility index (Phi) is 8.86. The van der Waals surface area contributed by atoms with Crippen molar-refractivity contribution in [1.29, 1.82) is 0 Å². The van der Waals surface area contributed by atoms with E-state index in [4.69, 9.17) is 30.9 Å². The summed E-state index contributed by atoms with van der Waals surface area (Å²) in [5, 5.41) is 44.5. The topological polar surface area (TPSA) is 157 Å². The van der Waals surface area contributed by atoms with Gasteiger partial charge in [-0.3, -0.25) is 4.79 Å². The molecule has 0 bridgehead atoms. The van der Waals surface area contributed by atoms with Gasteiger partial charge in [0, 0.05) is 31.6 Å². The minimum absolute atomic E-state index is 0.106. The summed E-state index contributed by atoms with van der Waals surface area (Å²) >= 11 is 0. The molecule has 0 radical (unpaired) electrons. The van der Waals surface area contributed by atoms with Crippen LogP contribution in [0.4, 0.5) is 0 Å². The molecule has 0 spiro atoms. The predicted octanol–water partition coefficient (Wildman–Crippen LogP) is 1.37. The lowest BCUT2D eigenvalue weighted by molar-refractivity contribution is 0.0929. The standard InChI is InChI=1S/C9H8O4.C6H6O3.C4H12N2/c10-5-3-7(12)9-6(11)1-2-13-8(9)4-5;7-4-2-1-3-5(8)6(4)9;1-6(2)4-3-5/h3-4,10,12H,1-2H2;1-3,7-9H;3-5H2,1-2H3. The highest BCUT2D eigenvalue weighted by Gasteiger charge is 2.22. The van der Waals surface area contributed by atoms with Crippen molar-refractivity contribution in [2.24, 2.45) is 5.73 Å². The van der Waals surface area contributed by atoms with Gasteiger partial charge in [0.15, 0.2) is 23.0 Å². The van der Waals surface area contributed by atoms with Crippen LogP contribution in [-0.2, 0) is 0 Å². The summed E-state index contributed by atoms with van der Waals surface area (Å²) < 4.78 is 5.11. The van der Waals surface area contributed by atoms with Crippen LogP contribution in [0.3, 0.4) is 0 Å². The molecule has 1 aliphatic heterocycles. The molecule has 154 valence electrons. The number of carbonyl (C=O) groups excluding carboxylic acids is 1. The van der Waals surface area contributed by atoms with Crippen LogP contribution in [-0.4, -0.2) is 70.0 Å². The van der Waals surface area contributed by atoms with E-state index in [1.54, 1.807) is 0 Å². The van der Waals surface area contributed by atoms with Gasteiger partial charge >= 0.3 is 0 Å². The van der Waals surface area contributed by atoms with E-state index in [1.807, 2.05) is 14.1 Å². The molecule has 1 heterocycles. The number of ether oxygens (including phenoxy) is 1. The molecule has 7 N–H and O–H groups in total. The first kappa shape index (κ1) is 22.9. The quantitative estimate of drug-likeness (QED) is 0.414. The molecule has 0 saturated carbocycles. The Morgan fingerprint density at radius 3 is 2.11 bits per heavy atom. The number of hydrogen-bond acceptors (Lipinski definition) is 9. The first-order chi connectivity index (χ1) is 13.2. The molecule has 3 rings (SSSR count). The van der Waals surface area contributed by atoms with Crippen LogP contribution >= 0.6 is 0 Å². The van der Waals surface area contributed by atoms with E-state index < -0.39 is 5.75 Å². The van der Waals surface area contributed by atoms with Gasteiger partial charge in [0.2, 0.25) is 0 Å². The van der Waals surface area contributed by atoms with E-state index in [0.29, 0.717) is 6.61 Å². The summed E-state index contributed by atoms with van der Waals surface area (Å²) in [5.41, 5.74) is 5.36. The van der Waals surface area contributed by atoms with E-state index in [2.05, 4.69) is 4.90 Å². The number of benzene rings is 2. The number of phenolic OH excluding ortho intramolecular Hbond substituents is 5. The lowest BCUT2D eigenvalue weighted by Gasteiger charge is -2.16. The molecular formula is C19H26N2O7. The molecule has 0 aromatic heterocycles. The number of likely N-dealkylation sites (N-methyl/N-ethyl adjacent to an activating group) is 1. The summed E-state index contributed by atoms with van der Waals surface area (Å²) in [7, 11) is 4.01. The molecule has 1 aliphatic rings. The summed E-state index contributed by atoms with van der Waals surface area (Å²) in [6, 6.07) is 6.46. The van der Waals surface area contributed by atoms with Crippen molar-refractivity contribution in [1.82, 2.24) is 4.90 Å². The lowest BCUT2D eigenvalue weighted by Crippen LogP contribution is -2.20. The third-order valence-electron chi connectivity index (χ3n) is 3.50. The predicted molar refractivity (Wildman–Crippen MR) is 103 cm³/mol. The van der Waals surface area contributed by atoms with E-state index in [1.165, 1.54) is 24.3 Å².